The van der Waals surface area contributed by atoms with Gasteiger partial charge in [0.25, 0.3) is 11.6 Å². The summed E-state index contributed by atoms with van der Waals surface area (Å²) in [6, 6.07) is 8.68. The van der Waals surface area contributed by atoms with Gasteiger partial charge < -0.3 is 15.2 Å². The van der Waals surface area contributed by atoms with Gasteiger partial charge in [0.1, 0.15) is 11.5 Å². The molecule has 25 heavy (non-hydrogen) atoms. The van der Waals surface area contributed by atoms with Crippen molar-refractivity contribution in [3.8, 4) is 11.5 Å². The first-order valence-corrected chi connectivity index (χ1v) is 7.47. The predicted molar refractivity (Wildman–Crippen MR) is 96.2 cm³/mol. The summed E-state index contributed by atoms with van der Waals surface area (Å²) in [5, 5.41) is 25.8. The van der Waals surface area contributed by atoms with Gasteiger partial charge >= 0.3 is 0 Å². The highest BCUT2D eigenvalue weighted by molar-refractivity contribution is 7.80. The Bertz CT molecular complexity index is 854. The Morgan fingerprint density at radius 3 is 2.68 bits per heavy atom. The van der Waals surface area contributed by atoms with Gasteiger partial charge in [-0.3, -0.25) is 20.2 Å². The summed E-state index contributed by atoms with van der Waals surface area (Å²) in [5.41, 5.74) is 0.461. The van der Waals surface area contributed by atoms with Crippen LogP contribution in [0.15, 0.2) is 36.4 Å². The average Bonchev–Trinajstić information content (AvgIpc) is 2.56. The molecule has 0 aliphatic rings. The van der Waals surface area contributed by atoms with Gasteiger partial charge in [-0.15, -0.1) is 0 Å². The number of ether oxygens (including phenoxy) is 1. The third-order valence-corrected chi connectivity index (χ3v) is 3.63. The Hall–Kier alpha value is -3.20. The zero-order valence-corrected chi connectivity index (χ0v) is 14.2. The van der Waals surface area contributed by atoms with Crippen molar-refractivity contribution in [2.24, 2.45) is 0 Å². The lowest BCUT2D eigenvalue weighted by Gasteiger charge is -2.12. The van der Waals surface area contributed by atoms with Crippen LogP contribution in [0.4, 0.5) is 11.4 Å². The van der Waals surface area contributed by atoms with Crippen molar-refractivity contribution < 1.29 is 19.6 Å². The van der Waals surface area contributed by atoms with Crippen LogP contribution in [-0.4, -0.2) is 28.2 Å². The molecule has 1 amide bonds. The Morgan fingerprint density at radius 1 is 1.32 bits per heavy atom. The molecule has 0 atom stereocenters. The average molecular weight is 361 g/mol. The lowest BCUT2D eigenvalue weighted by Crippen LogP contribution is -2.34. The van der Waals surface area contributed by atoms with Gasteiger partial charge in [-0.1, -0.05) is 6.07 Å². The van der Waals surface area contributed by atoms with Crippen LogP contribution in [0.1, 0.15) is 15.9 Å². The third kappa shape index (κ3) is 4.21. The fraction of sp³-hybridized carbons (Fsp3) is 0.125. The number of nitro benzene ring substituents is 1. The molecule has 3 N–H and O–H groups in total. The van der Waals surface area contributed by atoms with Crippen molar-refractivity contribution in [1.29, 1.82) is 0 Å². The van der Waals surface area contributed by atoms with Crippen LogP contribution in [0.25, 0.3) is 0 Å². The number of amides is 1. The fourth-order valence-electron chi connectivity index (χ4n) is 2.13. The minimum Gasteiger partial charge on any atom is -0.506 e. The van der Waals surface area contributed by atoms with Crippen LogP contribution < -0.4 is 15.4 Å². The van der Waals surface area contributed by atoms with E-state index in [0.29, 0.717) is 5.75 Å². The van der Waals surface area contributed by atoms with Crippen molar-refractivity contribution in [1.82, 2.24) is 5.32 Å². The Morgan fingerprint density at radius 2 is 2.04 bits per heavy atom. The molecule has 0 aliphatic carbocycles. The number of hydrogen-bond donors (Lipinski definition) is 3. The molecule has 2 aromatic rings. The van der Waals surface area contributed by atoms with Crippen LogP contribution >= 0.6 is 12.2 Å². The summed E-state index contributed by atoms with van der Waals surface area (Å²) < 4.78 is 5.05. The summed E-state index contributed by atoms with van der Waals surface area (Å²) in [6.45, 7) is 1.48. The van der Waals surface area contributed by atoms with Crippen LogP contribution in [0.2, 0.25) is 0 Å². The van der Waals surface area contributed by atoms with Gasteiger partial charge in [-0.25, -0.2) is 0 Å². The number of nitrogens with zero attached hydrogens (tertiary/aromatic N) is 1. The minimum atomic E-state index is -0.596. The number of nitro groups is 1. The molecular formula is C16H15N3O5S. The number of benzene rings is 2. The second-order valence-electron chi connectivity index (χ2n) is 5.00. The highest BCUT2D eigenvalue weighted by Gasteiger charge is 2.18. The first-order chi connectivity index (χ1) is 11.8. The maximum Gasteiger partial charge on any atom is 0.273 e. The minimum absolute atomic E-state index is 0.0699. The van der Waals surface area contributed by atoms with Crippen LogP contribution in [-0.2, 0) is 0 Å². The van der Waals surface area contributed by atoms with Crippen LogP contribution in [0, 0.1) is 17.0 Å². The van der Waals surface area contributed by atoms with Gasteiger partial charge in [0.05, 0.1) is 17.7 Å². The van der Waals surface area contributed by atoms with E-state index in [-0.39, 0.29) is 33.4 Å². The lowest BCUT2D eigenvalue weighted by atomic mass is 10.1. The van der Waals surface area contributed by atoms with E-state index in [1.165, 1.54) is 44.4 Å². The molecule has 130 valence electrons. The van der Waals surface area contributed by atoms with E-state index in [1.807, 2.05) is 0 Å². The Labute approximate surface area is 148 Å². The molecule has 0 unspecified atom stereocenters. The number of phenolic OH excluding ortho intramolecular Hbond substituents is 1. The number of carbonyl (C=O) groups excluding carboxylic acids is 1. The molecule has 0 bridgehead atoms. The van der Waals surface area contributed by atoms with Gasteiger partial charge in [-0.05, 0) is 37.3 Å². The fourth-order valence-corrected chi connectivity index (χ4v) is 2.34. The van der Waals surface area contributed by atoms with Crippen molar-refractivity contribution >= 4 is 34.6 Å². The maximum absolute atomic E-state index is 12.3. The quantitative estimate of drug-likeness (QED) is 0.332. The normalized spacial score (nSPS) is 10.0. The Kier molecular flexibility index (Phi) is 5.50. The molecule has 0 saturated carbocycles. The molecule has 0 heterocycles. The molecule has 0 radical (unpaired) electrons. The molecule has 2 rings (SSSR count). The molecule has 8 nitrogen and oxygen atoms in total. The van der Waals surface area contributed by atoms with Gasteiger partial charge in [-0.2, -0.15) is 0 Å². The molecule has 0 aromatic heterocycles. The van der Waals surface area contributed by atoms with E-state index in [9.17, 15) is 20.0 Å². The lowest BCUT2D eigenvalue weighted by molar-refractivity contribution is -0.385. The van der Waals surface area contributed by atoms with Crippen molar-refractivity contribution in [2.75, 3.05) is 12.4 Å². The summed E-state index contributed by atoms with van der Waals surface area (Å²) in [6.07, 6.45) is 0. The van der Waals surface area contributed by atoms with Gasteiger partial charge in [0, 0.05) is 23.3 Å². The van der Waals surface area contributed by atoms with E-state index < -0.39 is 10.8 Å². The number of hydrogen-bond acceptors (Lipinski definition) is 6. The van der Waals surface area contributed by atoms with Crippen LogP contribution in [0.5, 0.6) is 11.5 Å². The van der Waals surface area contributed by atoms with E-state index in [4.69, 9.17) is 17.0 Å². The number of aromatic hydroxyl groups is 1. The summed E-state index contributed by atoms with van der Waals surface area (Å²) in [7, 11) is 1.47. The topological polar surface area (TPSA) is 114 Å². The molecule has 2 aromatic carbocycles. The standard InChI is InChI=1S/C16H15N3O5S/c1-9-11(4-3-5-13(9)19(22)23)15(21)18-16(25)17-12-8-10(24-2)6-7-14(12)20/h3-8,20H,1-2H3,(H2,17,18,21,25). The van der Waals surface area contributed by atoms with Crippen molar-refractivity contribution in [3.63, 3.8) is 0 Å². The summed E-state index contributed by atoms with van der Waals surface area (Å²) in [4.78, 5) is 22.7. The smallest absolute Gasteiger partial charge is 0.273 e. The van der Waals surface area contributed by atoms with Gasteiger partial charge in [0.15, 0.2) is 5.11 Å². The number of carbonyl (C=O) groups is 1. The van der Waals surface area contributed by atoms with E-state index >= 15 is 0 Å². The van der Waals surface area contributed by atoms with Crippen molar-refractivity contribution in [3.05, 3.63) is 57.6 Å². The molecule has 9 heteroatoms. The Balaban J connectivity index is 2.15. The zero-order valence-electron chi connectivity index (χ0n) is 13.4. The molecule has 0 aliphatic heterocycles. The molecule has 0 saturated heterocycles. The number of rotatable bonds is 4. The number of methoxy groups -OCH3 is 1. The predicted octanol–water partition coefficient (Wildman–Crippen LogP) is 2.74. The van der Waals surface area contributed by atoms with Crippen LogP contribution in [0.3, 0.4) is 0 Å². The second kappa shape index (κ2) is 7.58. The van der Waals surface area contributed by atoms with E-state index in [2.05, 4.69) is 10.6 Å². The summed E-state index contributed by atoms with van der Waals surface area (Å²) in [5.74, 6) is -0.186. The highest BCUT2D eigenvalue weighted by atomic mass is 32.1. The van der Waals surface area contributed by atoms with E-state index in [1.54, 1.807) is 6.07 Å². The molecular weight excluding hydrogens is 346 g/mol. The largest absolute Gasteiger partial charge is 0.506 e. The first-order valence-electron chi connectivity index (χ1n) is 7.07. The van der Waals surface area contributed by atoms with Crippen molar-refractivity contribution in [2.45, 2.75) is 6.92 Å². The SMILES string of the molecule is COc1ccc(O)c(NC(=S)NC(=O)c2cccc([N+](=O)[O-])c2C)c1. The highest BCUT2D eigenvalue weighted by Crippen LogP contribution is 2.27. The summed E-state index contributed by atoms with van der Waals surface area (Å²) >= 11 is 5.05. The number of thiocarbonyl (C=S) groups is 1. The van der Waals surface area contributed by atoms with E-state index in [0.717, 1.165) is 0 Å². The monoisotopic (exact) mass is 361 g/mol. The number of nitrogens with one attached hydrogen (secondary N) is 2. The first kappa shape index (κ1) is 18.1. The molecule has 0 spiro atoms. The third-order valence-electron chi connectivity index (χ3n) is 3.43. The number of anilines is 1. The second-order valence-corrected chi connectivity index (χ2v) is 5.41. The molecule has 0 fully saturated rings. The maximum atomic E-state index is 12.3. The van der Waals surface area contributed by atoms with Gasteiger partial charge in [0.2, 0.25) is 0 Å². The number of phenols is 1. The zero-order chi connectivity index (χ0) is 18.6.